The van der Waals surface area contributed by atoms with Crippen molar-refractivity contribution in [1.29, 1.82) is 0 Å². The van der Waals surface area contributed by atoms with Crippen LogP contribution in [0.4, 0.5) is 0 Å². The number of fused-ring (bicyclic) bond motifs is 1. The van der Waals surface area contributed by atoms with E-state index in [0.29, 0.717) is 38.2 Å². The number of allylic oxidation sites excluding steroid dienone is 1. The van der Waals surface area contributed by atoms with E-state index in [2.05, 4.69) is 0 Å². The van der Waals surface area contributed by atoms with Gasteiger partial charge in [0.2, 0.25) is 5.78 Å². The molecule has 0 N–H and O–H groups in total. The van der Waals surface area contributed by atoms with Crippen LogP contribution in [-0.2, 0) is 0 Å². The Kier molecular flexibility index (Phi) is 5.48. The lowest BCUT2D eigenvalue weighted by Crippen LogP contribution is -2.08. The van der Waals surface area contributed by atoms with Gasteiger partial charge in [-0.05, 0) is 60.2 Å². The van der Waals surface area contributed by atoms with Gasteiger partial charge >= 0.3 is 5.97 Å². The molecule has 0 bridgehead atoms. The Morgan fingerprint density at radius 3 is 2.37 bits per heavy atom. The van der Waals surface area contributed by atoms with E-state index in [1.165, 1.54) is 6.07 Å². The van der Waals surface area contributed by atoms with Gasteiger partial charge in [0.15, 0.2) is 5.76 Å². The minimum Gasteiger partial charge on any atom is -0.497 e. The summed E-state index contributed by atoms with van der Waals surface area (Å²) in [5.41, 5.74) is 1.42. The summed E-state index contributed by atoms with van der Waals surface area (Å²) in [6.07, 6.45) is 1.58. The van der Waals surface area contributed by atoms with Gasteiger partial charge in [-0.3, -0.25) is 4.79 Å². The second kappa shape index (κ2) is 8.22. The molecule has 0 spiro atoms. The fraction of sp³-hybridized carbons (Fsp3) is 0.0435. The lowest BCUT2D eigenvalue weighted by molar-refractivity contribution is 0.0734. The summed E-state index contributed by atoms with van der Waals surface area (Å²) in [6, 6.07) is 16.2. The van der Waals surface area contributed by atoms with E-state index in [0.717, 1.165) is 0 Å². The van der Waals surface area contributed by atoms with E-state index in [9.17, 15) is 9.59 Å². The van der Waals surface area contributed by atoms with Crippen molar-refractivity contribution in [2.75, 3.05) is 7.11 Å². The summed E-state index contributed by atoms with van der Waals surface area (Å²) >= 11 is 11.9. The molecule has 0 aromatic heterocycles. The fourth-order valence-electron chi connectivity index (χ4n) is 2.88. The fourth-order valence-corrected chi connectivity index (χ4v) is 3.18. The summed E-state index contributed by atoms with van der Waals surface area (Å²) in [7, 11) is 1.55. The Bertz CT molecular complexity index is 1180. The molecule has 0 radical (unpaired) electrons. The number of Topliss-reactive ketones (excluding diaryl/α,β-unsaturated/α-hetero) is 1. The highest BCUT2D eigenvalue weighted by atomic mass is 35.5. The molecule has 1 heterocycles. The highest BCUT2D eigenvalue weighted by molar-refractivity contribution is 6.42. The van der Waals surface area contributed by atoms with Crippen molar-refractivity contribution in [3.8, 4) is 17.2 Å². The summed E-state index contributed by atoms with van der Waals surface area (Å²) in [5.74, 6) is 0.543. The van der Waals surface area contributed by atoms with E-state index >= 15 is 0 Å². The van der Waals surface area contributed by atoms with Crippen LogP contribution in [0, 0.1) is 0 Å². The number of benzene rings is 3. The number of ketones is 1. The minimum atomic E-state index is -0.534. The molecule has 0 amide bonds. The summed E-state index contributed by atoms with van der Waals surface area (Å²) in [5, 5.41) is 0.797. The van der Waals surface area contributed by atoms with E-state index < -0.39 is 5.97 Å². The van der Waals surface area contributed by atoms with Crippen LogP contribution in [0.15, 0.2) is 66.4 Å². The van der Waals surface area contributed by atoms with Crippen LogP contribution in [0.2, 0.25) is 10.0 Å². The van der Waals surface area contributed by atoms with Gasteiger partial charge in [0.1, 0.15) is 17.2 Å². The molecule has 150 valence electrons. The van der Waals surface area contributed by atoms with Gasteiger partial charge < -0.3 is 14.2 Å². The Morgan fingerprint density at radius 1 is 0.933 bits per heavy atom. The van der Waals surface area contributed by atoms with Gasteiger partial charge in [0.05, 0.1) is 28.3 Å². The first kappa shape index (κ1) is 20.0. The maximum atomic E-state index is 12.6. The molecule has 4 rings (SSSR count). The molecule has 0 fully saturated rings. The number of hydrogen-bond acceptors (Lipinski definition) is 5. The topological polar surface area (TPSA) is 61.8 Å². The van der Waals surface area contributed by atoms with E-state index in [-0.39, 0.29) is 17.3 Å². The Morgan fingerprint density at radius 2 is 1.67 bits per heavy atom. The van der Waals surface area contributed by atoms with Crippen molar-refractivity contribution in [1.82, 2.24) is 0 Å². The third-order valence-corrected chi connectivity index (χ3v) is 5.16. The van der Waals surface area contributed by atoms with Gasteiger partial charge in [0, 0.05) is 6.07 Å². The number of hydrogen-bond donors (Lipinski definition) is 0. The predicted molar refractivity (Wildman–Crippen MR) is 114 cm³/mol. The van der Waals surface area contributed by atoms with Crippen molar-refractivity contribution in [3.05, 3.63) is 93.2 Å². The van der Waals surface area contributed by atoms with Crippen LogP contribution >= 0.6 is 23.2 Å². The molecule has 3 aromatic rings. The molecule has 3 aromatic carbocycles. The van der Waals surface area contributed by atoms with Gasteiger partial charge in [-0.25, -0.2) is 4.79 Å². The Balaban J connectivity index is 1.53. The van der Waals surface area contributed by atoms with E-state index in [4.69, 9.17) is 37.4 Å². The number of methoxy groups -OCH3 is 1. The Hall–Kier alpha value is -3.28. The van der Waals surface area contributed by atoms with Crippen molar-refractivity contribution < 1.29 is 23.8 Å². The standard InChI is InChI=1S/C23H14Cl2O5/c1-28-15-5-3-14(4-6-15)23(27)29-16-7-8-17-20(12-16)30-21(22(17)26)11-13-2-9-18(24)19(25)10-13/h2-12H,1H3/b21-11-. The summed E-state index contributed by atoms with van der Waals surface area (Å²) in [4.78, 5) is 24.9. The molecule has 5 nitrogen and oxygen atoms in total. The number of rotatable bonds is 4. The number of carbonyl (C=O) groups excluding carboxylic acids is 2. The highest BCUT2D eigenvalue weighted by Crippen LogP contribution is 2.35. The van der Waals surface area contributed by atoms with Crippen molar-refractivity contribution in [2.45, 2.75) is 0 Å². The largest absolute Gasteiger partial charge is 0.497 e. The van der Waals surface area contributed by atoms with E-state index in [1.54, 1.807) is 67.8 Å². The third kappa shape index (κ3) is 4.03. The van der Waals surface area contributed by atoms with Gasteiger partial charge in [-0.2, -0.15) is 0 Å². The van der Waals surface area contributed by atoms with Crippen LogP contribution in [0.5, 0.6) is 17.2 Å². The van der Waals surface area contributed by atoms with Crippen LogP contribution in [-0.4, -0.2) is 18.9 Å². The molecular formula is C23H14Cl2O5. The first-order valence-electron chi connectivity index (χ1n) is 8.84. The lowest BCUT2D eigenvalue weighted by atomic mass is 10.1. The molecule has 1 aliphatic rings. The molecule has 7 heteroatoms. The molecule has 0 aliphatic carbocycles. The molecule has 0 saturated carbocycles. The van der Waals surface area contributed by atoms with Crippen molar-refractivity contribution in [3.63, 3.8) is 0 Å². The number of carbonyl (C=O) groups is 2. The van der Waals surface area contributed by atoms with Crippen LogP contribution in [0.3, 0.4) is 0 Å². The quantitative estimate of drug-likeness (QED) is 0.289. The van der Waals surface area contributed by atoms with E-state index in [1.807, 2.05) is 0 Å². The second-order valence-corrected chi connectivity index (χ2v) is 7.20. The van der Waals surface area contributed by atoms with Crippen molar-refractivity contribution >= 4 is 41.0 Å². The number of esters is 1. The third-order valence-electron chi connectivity index (χ3n) is 4.42. The SMILES string of the molecule is COc1ccc(C(=O)Oc2ccc3c(c2)O/C(=C\c2ccc(Cl)c(Cl)c2)C3=O)cc1. The summed E-state index contributed by atoms with van der Waals surface area (Å²) < 4.78 is 16.1. The van der Waals surface area contributed by atoms with Gasteiger partial charge in [-0.15, -0.1) is 0 Å². The zero-order valence-electron chi connectivity index (χ0n) is 15.6. The normalized spacial score (nSPS) is 13.7. The first-order valence-corrected chi connectivity index (χ1v) is 9.60. The molecule has 1 aliphatic heterocycles. The second-order valence-electron chi connectivity index (χ2n) is 6.39. The smallest absolute Gasteiger partial charge is 0.343 e. The maximum absolute atomic E-state index is 12.6. The zero-order chi connectivity index (χ0) is 21.3. The summed E-state index contributed by atoms with van der Waals surface area (Å²) in [6.45, 7) is 0. The number of halogens is 2. The van der Waals surface area contributed by atoms with Crippen LogP contribution in [0.25, 0.3) is 6.08 Å². The van der Waals surface area contributed by atoms with Crippen LogP contribution in [0.1, 0.15) is 26.3 Å². The van der Waals surface area contributed by atoms with Crippen LogP contribution < -0.4 is 14.2 Å². The molecule has 30 heavy (non-hydrogen) atoms. The van der Waals surface area contributed by atoms with Crippen molar-refractivity contribution in [2.24, 2.45) is 0 Å². The average molecular weight is 441 g/mol. The van der Waals surface area contributed by atoms with Gasteiger partial charge in [-0.1, -0.05) is 29.3 Å². The Labute approximate surface area is 182 Å². The molecular weight excluding hydrogens is 427 g/mol. The molecule has 0 unspecified atom stereocenters. The zero-order valence-corrected chi connectivity index (χ0v) is 17.2. The number of ether oxygens (including phenoxy) is 3. The van der Waals surface area contributed by atoms with Gasteiger partial charge in [0.25, 0.3) is 0 Å². The minimum absolute atomic E-state index is 0.141. The molecule has 0 atom stereocenters. The first-order chi connectivity index (χ1) is 14.4. The monoisotopic (exact) mass is 440 g/mol. The highest BCUT2D eigenvalue weighted by Gasteiger charge is 2.28. The molecule has 0 saturated heterocycles. The maximum Gasteiger partial charge on any atom is 0.343 e. The average Bonchev–Trinajstić information content (AvgIpc) is 3.05. The predicted octanol–water partition coefficient (Wildman–Crippen LogP) is 5.84. The lowest BCUT2D eigenvalue weighted by Gasteiger charge is -2.06.